The Hall–Kier alpha value is -2.62. The van der Waals surface area contributed by atoms with Crippen molar-refractivity contribution in [1.82, 2.24) is 10.2 Å². The standard InChI is InChI=1S/C14H16F3N3O4/c1-7(13(22)19-14(23)24-3)20(2)6-10(21)18-9-5-4-8(15)11(16)12(9)17/h4-5,7H,6H2,1-3H3,(H,18,21)(H,19,22,23)/t7-/m0/s1. The van der Waals surface area contributed by atoms with E-state index in [0.29, 0.717) is 6.07 Å². The first-order chi connectivity index (χ1) is 11.2. The summed E-state index contributed by atoms with van der Waals surface area (Å²) in [5.74, 6) is -6.08. The minimum atomic E-state index is -1.70. The average Bonchev–Trinajstić information content (AvgIpc) is 2.54. The molecule has 132 valence electrons. The molecule has 0 fully saturated rings. The van der Waals surface area contributed by atoms with Crippen LogP contribution in [0.4, 0.5) is 23.7 Å². The minimum Gasteiger partial charge on any atom is -0.453 e. The molecule has 0 aromatic heterocycles. The molecule has 1 atom stereocenters. The Balaban J connectivity index is 2.66. The van der Waals surface area contributed by atoms with E-state index in [4.69, 9.17) is 0 Å². The number of rotatable bonds is 5. The van der Waals surface area contributed by atoms with Gasteiger partial charge in [-0.25, -0.2) is 18.0 Å². The van der Waals surface area contributed by atoms with Gasteiger partial charge < -0.3 is 10.1 Å². The third-order valence-electron chi connectivity index (χ3n) is 3.15. The Morgan fingerprint density at radius 3 is 2.42 bits per heavy atom. The van der Waals surface area contributed by atoms with Crippen LogP contribution in [0.15, 0.2) is 12.1 Å². The van der Waals surface area contributed by atoms with Gasteiger partial charge in [0.1, 0.15) is 0 Å². The van der Waals surface area contributed by atoms with E-state index >= 15 is 0 Å². The number of carbonyl (C=O) groups excluding carboxylic acids is 3. The fourth-order valence-electron chi connectivity index (χ4n) is 1.63. The van der Waals surface area contributed by atoms with Crippen LogP contribution < -0.4 is 10.6 Å². The Morgan fingerprint density at radius 1 is 1.21 bits per heavy atom. The van der Waals surface area contributed by atoms with Crippen LogP contribution in [0.3, 0.4) is 0 Å². The Labute approximate surface area is 135 Å². The number of amides is 3. The van der Waals surface area contributed by atoms with Crippen LogP contribution in [0.5, 0.6) is 0 Å². The molecule has 0 radical (unpaired) electrons. The van der Waals surface area contributed by atoms with E-state index in [1.165, 1.54) is 18.9 Å². The monoisotopic (exact) mass is 347 g/mol. The lowest BCUT2D eigenvalue weighted by atomic mass is 10.2. The van der Waals surface area contributed by atoms with Crippen molar-refractivity contribution in [2.75, 3.05) is 26.0 Å². The number of likely N-dealkylation sites (N-methyl/N-ethyl adjacent to an activating group) is 1. The molecule has 2 N–H and O–H groups in total. The number of hydrogen-bond donors (Lipinski definition) is 2. The van der Waals surface area contributed by atoms with Crippen LogP contribution in [0.2, 0.25) is 0 Å². The topological polar surface area (TPSA) is 87.7 Å². The summed E-state index contributed by atoms with van der Waals surface area (Å²) < 4.78 is 43.6. The Bertz CT molecular complexity index is 654. The molecule has 10 heteroatoms. The van der Waals surface area contributed by atoms with Gasteiger partial charge >= 0.3 is 6.09 Å². The Kier molecular flexibility index (Phi) is 6.71. The van der Waals surface area contributed by atoms with Crippen LogP contribution in [0.1, 0.15) is 6.92 Å². The lowest BCUT2D eigenvalue weighted by molar-refractivity contribution is -0.125. The first-order valence-corrected chi connectivity index (χ1v) is 6.69. The molecule has 0 aliphatic heterocycles. The summed E-state index contributed by atoms with van der Waals surface area (Å²) in [6, 6.07) is 0.660. The largest absolute Gasteiger partial charge is 0.453 e. The summed E-state index contributed by atoms with van der Waals surface area (Å²) >= 11 is 0. The highest BCUT2D eigenvalue weighted by molar-refractivity contribution is 5.96. The highest BCUT2D eigenvalue weighted by Crippen LogP contribution is 2.19. The molecule has 0 heterocycles. The predicted octanol–water partition coefficient (Wildman–Crippen LogP) is 1.25. The number of nitrogens with one attached hydrogen (secondary N) is 2. The van der Waals surface area contributed by atoms with E-state index in [0.717, 1.165) is 13.2 Å². The van der Waals surface area contributed by atoms with E-state index in [1.807, 2.05) is 5.32 Å². The maximum atomic E-state index is 13.5. The SMILES string of the molecule is COC(=O)NC(=O)[C@H](C)N(C)CC(=O)Nc1ccc(F)c(F)c1F. The summed E-state index contributed by atoms with van der Waals surface area (Å²) in [6.45, 7) is 1.05. The molecule has 3 amide bonds. The molecular formula is C14H16F3N3O4. The van der Waals surface area contributed by atoms with Gasteiger partial charge in [-0.3, -0.25) is 19.8 Å². The van der Waals surface area contributed by atoms with Crippen LogP contribution in [0, 0.1) is 17.5 Å². The second-order valence-corrected chi connectivity index (χ2v) is 4.84. The molecule has 0 aliphatic rings. The van der Waals surface area contributed by atoms with Crippen molar-refractivity contribution < 1.29 is 32.3 Å². The summed E-state index contributed by atoms with van der Waals surface area (Å²) in [4.78, 5) is 35.7. The van der Waals surface area contributed by atoms with Gasteiger partial charge in [-0.1, -0.05) is 0 Å². The van der Waals surface area contributed by atoms with Gasteiger partial charge in [-0.15, -0.1) is 0 Å². The zero-order valence-corrected chi connectivity index (χ0v) is 13.2. The van der Waals surface area contributed by atoms with E-state index in [2.05, 4.69) is 10.1 Å². The van der Waals surface area contributed by atoms with Crippen LogP contribution in [-0.4, -0.2) is 49.6 Å². The number of anilines is 1. The van der Waals surface area contributed by atoms with Crippen LogP contribution in [-0.2, 0) is 14.3 Å². The lowest BCUT2D eigenvalue weighted by Crippen LogP contribution is -2.47. The number of benzene rings is 1. The van der Waals surface area contributed by atoms with Gasteiger partial charge in [0.05, 0.1) is 25.4 Å². The lowest BCUT2D eigenvalue weighted by Gasteiger charge is -2.22. The van der Waals surface area contributed by atoms with Crippen molar-refractivity contribution >= 4 is 23.6 Å². The molecule has 7 nitrogen and oxygen atoms in total. The smallest absolute Gasteiger partial charge is 0.413 e. The fourth-order valence-corrected chi connectivity index (χ4v) is 1.63. The molecule has 1 rings (SSSR count). The molecule has 1 aromatic rings. The Morgan fingerprint density at radius 2 is 1.83 bits per heavy atom. The average molecular weight is 347 g/mol. The number of methoxy groups -OCH3 is 1. The second-order valence-electron chi connectivity index (χ2n) is 4.84. The molecule has 0 bridgehead atoms. The fraction of sp³-hybridized carbons (Fsp3) is 0.357. The first-order valence-electron chi connectivity index (χ1n) is 6.69. The zero-order valence-electron chi connectivity index (χ0n) is 13.2. The highest BCUT2D eigenvalue weighted by atomic mass is 19.2. The number of halogens is 3. The number of ether oxygens (including phenoxy) is 1. The maximum Gasteiger partial charge on any atom is 0.413 e. The highest BCUT2D eigenvalue weighted by Gasteiger charge is 2.23. The molecule has 1 aromatic carbocycles. The third-order valence-corrected chi connectivity index (χ3v) is 3.15. The molecule has 0 saturated carbocycles. The number of imide groups is 1. The normalized spacial score (nSPS) is 11.8. The molecule has 0 saturated heterocycles. The second kappa shape index (κ2) is 8.29. The van der Waals surface area contributed by atoms with Crippen molar-refractivity contribution in [3.8, 4) is 0 Å². The third kappa shape index (κ3) is 4.95. The van der Waals surface area contributed by atoms with Gasteiger partial charge in [-0.2, -0.15) is 0 Å². The van der Waals surface area contributed by atoms with Gasteiger partial charge in [0.25, 0.3) is 0 Å². The number of carbonyl (C=O) groups is 3. The summed E-state index contributed by atoms with van der Waals surface area (Å²) in [5, 5.41) is 4.00. The van der Waals surface area contributed by atoms with Crippen molar-refractivity contribution in [1.29, 1.82) is 0 Å². The van der Waals surface area contributed by atoms with E-state index in [-0.39, 0.29) is 6.54 Å². The molecule has 0 spiro atoms. The van der Waals surface area contributed by atoms with Crippen molar-refractivity contribution in [2.24, 2.45) is 0 Å². The molecule has 0 aliphatic carbocycles. The van der Waals surface area contributed by atoms with Gasteiger partial charge in [-0.05, 0) is 26.1 Å². The van der Waals surface area contributed by atoms with Crippen LogP contribution >= 0.6 is 0 Å². The quantitative estimate of drug-likeness (QED) is 0.783. The van der Waals surface area contributed by atoms with Crippen molar-refractivity contribution in [3.63, 3.8) is 0 Å². The molecule has 24 heavy (non-hydrogen) atoms. The first kappa shape index (κ1) is 19.4. The van der Waals surface area contributed by atoms with Crippen molar-refractivity contribution in [2.45, 2.75) is 13.0 Å². The minimum absolute atomic E-state index is 0.367. The summed E-state index contributed by atoms with van der Waals surface area (Å²) in [6.07, 6.45) is -0.950. The van der Waals surface area contributed by atoms with E-state index in [1.54, 1.807) is 0 Å². The van der Waals surface area contributed by atoms with Crippen LogP contribution in [0.25, 0.3) is 0 Å². The zero-order chi connectivity index (χ0) is 18.4. The van der Waals surface area contributed by atoms with Crippen molar-refractivity contribution in [3.05, 3.63) is 29.6 Å². The predicted molar refractivity (Wildman–Crippen MR) is 77.6 cm³/mol. The summed E-state index contributed by atoms with van der Waals surface area (Å²) in [7, 11) is 2.49. The van der Waals surface area contributed by atoms with Gasteiger partial charge in [0.15, 0.2) is 17.5 Å². The molecule has 0 unspecified atom stereocenters. The number of alkyl carbamates (subject to hydrolysis) is 1. The number of nitrogens with zero attached hydrogens (tertiary/aromatic N) is 1. The number of hydrogen-bond acceptors (Lipinski definition) is 5. The van der Waals surface area contributed by atoms with Gasteiger partial charge in [0, 0.05) is 0 Å². The maximum absolute atomic E-state index is 13.5. The van der Waals surface area contributed by atoms with Gasteiger partial charge in [0.2, 0.25) is 11.8 Å². The van der Waals surface area contributed by atoms with E-state index in [9.17, 15) is 27.6 Å². The molecular weight excluding hydrogens is 331 g/mol. The van der Waals surface area contributed by atoms with E-state index < -0.39 is 47.1 Å². The summed E-state index contributed by atoms with van der Waals surface area (Å²) in [5.41, 5.74) is -0.529.